The first-order valence-corrected chi connectivity index (χ1v) is 11.1. The lowest BCUT2D eigenvalue weighted by Gasteiger charge is -2.31. The quantitative estimate of drug-likeness (QED) is 0.507. The van der Waals surface area contributed by atoms with E-state index in [4.69, 9.17) is 9.94 Å². The van der Waals surface area contributed by atoms with Gasteiger partial charge in [-0.05, 0) is 36.5 Å². The van der Waals surface area contributed by atoms with Gasteiger partial charge in [-0.2, -0.15) is 4.31 Å². The molecule has 156 valence electrons. The first kappa shape index (κ1) is 21.4. The molecule has 0 bridgehead atoms. The van der Waals surface area contributed by atoms with Crippen molar-refractivity contribution in [2.24, 2.45) is 0 Å². The number of piperidine rings is 1. The molecule has 1 aliphatic heterocycles. The van der Waals surface area contributed by atoms with Crippen molar-refractivity contribution in [2.45, 2.75) is 43.3 Å². The third kappa shape index (κ3) is 5.63. The number of carbonyl (C=O) groups is 1. The minimum absolute atomic E-state index is 0.0123. The van der Waals surface area contributed by atoms with Crippen molar-refractivity contribution in [1.82, 2.24) is 9.79 Å². The minimum Gasteiger partial charge on any atom is -0.373 e. The van der Waals surface area contributed by atoms with Crippen LogP contribution >= 0.6 is 0 Å². The second-order valence-corrected chi connectivity index (χ2v) is 8.95. The summed E-state index contributed by atoms with van der Waals surface area (Å²) in [7, 11) is -3.65. The maximum absolute atomic E-state index is 13.1. The summed E-state index contributed by atoms with van der Waals surface area (Å²) in [6.07, 6.45) is 1.56. The highest BCUT2D eigenvalue weighted by Crippen LogP contribution is 2.25. The van der Waals surface area contributed by atoms with Gasteiger partial charge < -0.3 is 4.74 Å². The van der Waals surface area contributed by atoms with Crippen molar-refractivity contribution in [3.8, 4) is 0 Å². The second-order valence-electron chi connectivity index (χ2n) is 7.04. The topological polar surface area (TPSA) is 95.9 Å². The van der Waals surface area contributed by atoms with Gasteiger partial charge in [0.15, 0.2) is 0 Å². The molecule has 0 atom stereocenters. The fourth-order valence-corrected chi connectivity index (χ4v) is 5.15. The molecule has 8 heteroatoms. The third-order valence-corrected chi connectivity index (χ3v) is 7.07. The number of nitrogens with zero attached hydrogens (tertiary/aromatic N) is 1. The summed E-state index contributed by atoms with van der Waals surface area (Å²) >= 11 is 0. The fourth-order valence-electron chi connectivity index (χ4n) is 3.43. The van der Waals surface area contributed by atoms with Crippen LogP contribution in [0.3, 0.4) is 0 Å². The standard InChI is InChI=1S/C21H26N2O5S/c24-21(22-25)11-10-18-8-4-5-9-20(18)29(26,27)23-14-12-19(13-15-23)28-16-17-6-2-1-3-7-17/h1-9,19,25H,10-16H2,(H,22,24). The lowest BCUT2D eigenvalue weighted by Crippen LogP contribution is -2.41. The number of hydrogen-bond donors (Lipinski definition) is 2. The van der Waals surface area contributed by atoms with E-state index in [-0.39, 0.29) is 23.8 Å². The molecule has 7 nitrogen and oxygen atoms in total. The Morgan fingerprint density at radius 3 is 2.41 bits per heavy atom. The molecule has 0 spiro atoms. The lowest BCUT2D eigenvalue weighted by atomic mass is 10.1. The van der Waals surface area contributed by atoms with Crippen LogP contribution in [0.4, 0.5) is 0 Å². The van der Waals surface area contributed by atoms with E-state index in [1.165, 1.54) is 4.31 Å². The predicted molar refractivity (Wildman–Crippen MR) is 108 cm³/mol. The van der Waals surface area contributed by atoms with Gasteiger partial charge in [-0.1, -0.05) is 48.5 Å². The Bertz CT molecular complexity index is 910. The monoisotopic (exact) mass is 418 g/mol. The Balaban J connectivity index is 1.60. The number of benzene rings is 2. The summed E-state index contributed by atoms with van der Waals surface area (Å²) in [5.74, 6) is -0.548. The molecule has 1 aliphatic rings. The van der Waals surface area contributed by atoms with Crippen molar-refractivity contribution in [3.05, 3.63) is 65.7 Å². The fraction of sp³-hybridized carbons (Fsp3) is 0.381. The number of aryl methyl sites for hydroxylation is 1. The van der Waals surface area contributed by atoms with Gasteiger partial charge in [0.05, 0.1) is 17.6 Å². The van der Waals surface area contributed by atoms with Crippen LogP contribution in [0.1, 0.15) is 30.4 Å². The molecule has 1 saturated heterocycles. The van der Waals surface area contributed by atoms with E-state index in [1.54, 1.807) is 29.7 Å². The van der Waals surface area contributed by atoms with E-state index in [0.29, 0.717) is 38.1 Å². The minimum atomic E-state index is -3.65. The van der Waals surface area contributed by atoms with Crippen molar-refractivity contribution < 1.29 is 23.2 Å². The van der Waals surface area contributed by atoms with Crippen LogP contribution in [-0.2, 0) is 32.6 Å². The molecule has 2 N–H and O–H groups in total. The molecule has 0 unspecified atom stereocenters. The average molecular weight is 419 g/mol. The largest absolute Gasteiger partial charge is 0.373 e. The summed E-state index contributed by atoms with van der Waals surface area (Å²) in [4.78, 5) is 11.5. The SMILES string of the molecule is O=C(CCc1ccccc1S(=O)(=O)N1CCC(OCc2ccccc2)CC1)NO. The maximum Gasteiger partial charge on any atom is 0.243 e. The highest BCUT2D eigenvalue weighted by Gasteiger charge is 2.31. The van der Waals surface area contributed by atoms with E-state index in [2.05, 4.69) is 0 Å². The molecule has 0 radical (unpaired) electrons. The summed E-state index contributed by atoms with van der Waals surface area (Å²) in [6, 6.07) is 16.6. The van der Waals surface area contributed by atoms with Crippen LogP contribution in [-0.4, -0.2) is 43.0 Å². The van der Waals surface area contributed by atoms with Crippen molar-refractivity contribution in [3.63, 3.8) is 0 Å². The van der Waals surface area contributed by atoms with E-state index >= 15 is 0 Å². The molecule has 1 fully saturated rings. The molecule has 3 rings (SSSR count). The predicted octanol–water partition coefficient (Wildman–Crippen LogP) is 2.49. The van der Waals surface area contributed by atoms with Crippen molar-refractivity contribution in [1.29, 1.82) is 0 Å². The second kappa shape index (κ2) is 9.98. The van der Waals surface area contributed by atoms with Gasteiger partial charge in [0.1, 0.15) is 0 Å². The smallest absolute Gasteiger partial charge is 0.243 e. The number of carbonyl (C=O) groups excluding carboxylic acids is 1. The van der Waals surface area contributed by atoms with Gasteiger partial charge in [0.25, 0.3) is 0 Å². The number of sulfonamides is 1. The van der Waals surface area contributed by atoms with Crippen molar-refractivity contribution in [2.75, 3.05) is 13.1 Å². The summed E-state index contributed by atoms with van der Waals surface area (Å²) < 4.78 is 33.7. The Morgan fingerprint density at radius 1 is 1.07 bits per heavy atom. The average Bonchev–Trinajstić information content (AvgIpc) is 2.77. The summed E-state index contributed by atoms with van der Waals surface area (Å²) in [5.41, 5.74) is 3.24. The van der Waals surface area contributed by atoms with Gasteiger partial charge in [-0.25, -0.2) is 13.9 Å². The van der Waals surface area contributed by atoms with E-state index in [1.807, 2.05) is 30.3 Å². The van der Waals surface area contributed by atoms with Crippen LogP contribution in [0.15, 0.2) is 59.5 Å². The van der Waals surface area contributed by atoms with Gasteiger partial charge in [-0.15, -0.1) is 0 Å². The Hall–Kier alpha value is -2.26. The van der Waals surface area contributed by atoms with Crippen LogP contribution in [0.25, 0.3) is 0 Å². The van der Waals surface area contributed by atoms with Gasteiger partial charge in [0, 0.05) is 19.5 Å². The van der Waals surface area contributed by atoms with Gasteiger partial charge >= 0.3 is 0 Å². The number of hydrogen-bond acceptors (Lipinski definition) is 5. The van der Waals surface area contributed by atoms with Gasteiger partial charge in [-0.3, -0.25) is 10.0 Å². The third-order valence-electron chi connectivity index (χ3n) is 5.07. The van der Waals surface area contributed by atoms with Crippen LogP contribution in [0.5, 0.6) is 0 Å². The molecule has 0 aliphatic carbocycles. The molecular formula is C21H26N2O5S. The number of hydroxylamine groups is 1. The Labute approximate surface area is 171 Å². The van der Waals surface area contributed by atoms with E-state index in [0.717, 1.165) is 5.56 Å². The molecule has 2 aromatic rings. The van der Waals surface area contributed by atoms with Crippen LogP contribution < -0.4 is 5.48 Å². The van der Waals surface area contributed by atoms with Crippen LogP contribution in [0, 0.1) is 0 Å². The number of ether oxygens (including phenoxy) is 1. The summed E-state index contributed by atoms with van der Waals surface area (Å²) in [6.45, 7) is 1.31. The highest BCUT2D eigenvalue weighted by molar-refractivity contribution is 7.89. The molecule has 2 aromatic carbocycles. The zero-order valence-corrected chi connectivity index (χ0v) is 17.0. The normalized spacial score (nSPS) is 15.9. The highest BCUT2D eigenvalue weighted by atomic mass is 32.2. The molecule has 1 heterocycles. The van der Waals surface area contributed by atoms with E-state index in [9.17, 15) is 13.2 Å². The lowest BCUT2D eigenvalue weighted by molar-refractivity contribution is -0.129. The van der Waals surface area contributed by atoms with Gasteiger partial charge in [0.2, 0.25) is 15.9 Å². The van der Waals surface area contributed by atoms with Crippen LogP contribution in [0.2, 0.25) is 0 Å². The molecule has 1 amide bonds. The molecule has 0 aromatic heterocycles. The number of amides is 1. The first-order valence-electron chi connectivity index (χ1n) is 9.67. The first-order chi connectivity index (χ1) is 14.0. The zero-order valence-electron chi connectivity index (χ0n) is 16.2. The molecule has 29 heavy (non-hydrogen) atoms. The van der Waals surface area contributed by atoms with Crippen molar-refractivity contribution >= 4 is 15.9 Å². The summed E-state index contributed by atoms with van der Waals surface area (Å²) in [5, 5.41) is 8.65. The Kier molecular flexibility index (Phi) is 7.38. The Morgan fingerprint density at radius 2 is 1.72 bits per heavy atom. The molecule has 0 saturated carbocycles. The molecular weight excluding hydrogens is 392 g/mol. The number of nitrogens with one attached hydrogen (secondary N) is 1. The maximum atomic E-state index is 13.1. The number of rotatable bonds is 8. The van der Waals surface area contributed by atoms with E-state index < -0.39 is 15.9 Å². The zero-order chi connectivity index (χ0) is 20.7.